The molecule has 0 saturated carbocycles. The Balaban J connectivity index is 1.76. The minimum absolute atomic E-state index is 0.223. The van der Waals surface area contributed by atoms with Crippen LogP contribution >= 0.6 is 0 Å². The van der Waals surface area contributed by atoms with E-state index in [-0.39, 0.29) is 18.6 Å². The molecule has 5 nitrogen and oxygen atoms in total. The summed E-state index contributed by atoms with van der Waals surface area (Å²) in [5.74, 6) is -1.24. The predicted octanol–water partition coefficient (Wildman–Crippen LogP) is 3.90. The second kappa shape index (κ2) is 8.45. The SMILES string of the molecule is COC(=O)c1ccc(C2N=C(C)C=CC2C(=O)OCc2ccccc2)cc1. The molecule has 2 aromatic rings. The minimum Gasteiger partial charge on any atom is -0.465 e. The summed E-state index contributed by atoms with van der Waals surface area (Å²) in [4.78, 5) is 28.9. The molecule has 3 rings (SSSR count). The molecule has 0 bridgehead atoms. The van der Waals surface area contributed by atoms with Gasteiger partial charge in [0.2, 0.25) is 0 Å². The van der Waals surface area contributed by atoms with Gasteiger partial charge < -0.3 is 9.47 Å². The number of hydrogen-bond acceptors (Lipinski definition) is 5. The summed E-state index contributed by atoms with van der Waals surface area (Å²) in [6.45, 7) is 2.11. The van der Waals surface area contributed by atoms with Crippen molar-refractivity contribution in [2.24, 2.45) is 10.9 Å². The Morgan fingerprint density at radius 2 is 1.74 bits per heavy atom. The molecule has 1 aliphatic rings. The summed E-state index contributed by atoms with van der Waals surface area (Å²) < 4.78 is 10.2. The van der Waals surface area contributed by atoms with Crippen molar-refractivity contribution in [3.63, 3.8) is 0 Å². The first-order valence-corrected chi connectivity index (χ1v) is 8.70. The Hall–Kier alpha value is -3.21. The fourth-order valence-electron chi connectivity index (χ4n) is 2.94. The van der Waals surface area contributed by atoms with Crippen molar-refractivity contribution in [2.45, 2.75) is 19.6 Å². The highest BCUT2D eigenvalue weighted by Gasteiger charge is 2.30. The third-order valence-corrected chi connectivity index (χ3v) is 4.40. The van der Waals surface area contributed by atoms with Crippen molar-refractivity contribution in [1.29, 1.82) is 0 Å². The van der Waals surface area contributed by atoms with Crippen LogP contribution in [-0.4, -0.2) is 24.8 Å². The first-order chi connectivity index (χ1) is 13.1. The molecule has 2 unspecified atom stereocenters. The van der Waals surface area contributed by atoms with Crippen molar-refractivity contribution >= 4 is 17.7 Å². The van der Waals surface area contributed by atoms with Gasteiger partial charge in [-0.15, -0.1) is 0 Å². The van der Waals surface area contributed by atoms with Crippen molar-refractivity contribution in [3.8, 4) is 0 Å². The smallest absolute Gasteiger partial charge is 0.337 e. The molecule has 138 valence electrons. The van der Waals surface area contributed by atoms with Gasteiger partial charge in [0.25, 0.3) is 0 Å². The number of carbonyl (C=O) groups excluding carboxylic acids is 2. The summed E-state index contributed by atoms with van der Waals surface area (Å²) in [5, 5.41) is 0. The third kappa shape index (κ3) is 4.50. The lowest BCUT2D eigenvalue weighted by atomic mass is 9.90. The van der Waals surface area contributed by atoms with Gasteiger partial charge in [-0.2, -0.15) is 0 Å². The molecule has 27 heavy (non-hydrogen) atoms. The van der Waals surface area contributed by atoms with Crippen LogP contribution < -0.4 is 0 Å². The summed E-state index contributed by atoms with van der Waals surface area (Å²) in [5.41, 5.74) is 3.07. The topological polar surface area (TPSA) is 65.0 Å². The number of carbonyl (C=O) groups is 2. The zero-order valence-electron chi connectivity index (χ0n) is 15.3. The number of allylic oxidation sites excluding steroid dienone is 1. The van der Waals surface area contributed by atoms with Crippen molar-refractivity contribution in [1.82, 2.24) is 0 Å². The van der Waals surface area contributed by atoms with Crippen molar-refractivity contribution in [2.75, 3.05) is 7.11 Å². The zero-order valence-corrected chi connectivity index (χ0v) is 15.3. The van der Waals surface area contributed by atoms with Crippen LogP contribution in [0, 0.1) is 5.92 Å². The maximum Gasteiger partial charge on any atom is 0.337 e. The van der Waals surface area contributed by atoms with Gasteiger partial charge in [-0.3, -0.25) is 9.79 Å². The second-order valence-electron chi connectivity index (χ2n) is 6.31. The molecule has 0 fully saturated rings. The number of aliphatic imine (C=N–C) groups is 1. The first-order valence-electron chi connectivity index (χ1n) is 8.70. The van der Waals surface area contributed by atoms with Crippen LogP contribution in [0.2, 0.25) is 0 Å². The zero-order chi connectivity index (χ0) is 19.2. The van der Waals surface area contributed by atoms with Gasteiger partial charge >= 0.3 is 11.9 Å². The molecular formula is C22H21NO4. The average Bonchev–Trinajstić information content (AvgIpc) is 2.72. The number of methoxy groups -OCH3 is 1. The number of esters is 2. The molecule has 1 aliphatic heterocycles. The summed E-state index contributed by atoms with van der Waals surface area (Å²) in [6.07, 6.45) is 3.66. The third-order valence-electron chi connectivity index (χ3n) is 4.40. The first kappa shape index (κ1) is 18.6. The van der Waals surface area contributed by atoms with Gasteiger partial charge in [-0.25, -0.2) is 4.79 Å². The van der Waals surface area contributed by atoms with E-state index in [1.54, 1.807) is 24.3 Å². The molecular weight excluding hydrogens is 342 g/mol. The Labute approximate surface area is 158 Å². The molecule has 5 heteroatoms. The van der Waals surface area contributed by atoms with Gasteiger partial charge in [0.15, 0.2) is 0 Å². The van der Waals surface area contributed by atoms with Crippen LogP contribution in [0.1, 0.15) is 34.5 Å². The molecule has 0 aromatic heterocycles. The van der Waals surface area contributed by atoms with E-state index >= 15 is 0 Å². The number of dihydropyridines is 1. The number of benzene rings is 2. The van der Waals surface area contributed by atoms with Gasteiger partial charge in [0, 0.05) is 5.71 Å². The molecule has 2 atom stereocenters. The molecule has 0 amide bonds. The Bertz CT molecular complexity index is 869. The second-order valence-corrected chi connectivity index (χ2v) is 6.31. The molecule has 0 radical (unpaired) electrons. The van der Waals surface area contributed by atoms with Crippen LogP contribution in [0.25, 0.3) is 0 Å². The lowest BCUT2D eigenvalue weighted by Gasteiger charge is -2.24. The largest absolute Gasteiger partial charge is 0.465 e. The molecule has 0 saturated heterocycles. The Kier molecular flexibility index (Phi) is 5.81. The van der Waals surface area contributed by atoms with E-state index in [0.29, 0.717) is 5.56 Å². The fourth-order valence-corrected chi connectivity index (χ4v) is 2.94. The number of nitrogens with zero attached hydrogens (tertiary/aromatic N) is 1. The van der Waals surface area contributed by atoms with Crippen molar-refractivity contribution in [3.05, 3.63) is 83.4 Å². The van der Waals surface area contributed by atoms with Crippen LogP contribution in [-0.2, 0) is 20.9 Å². The molecule has 0 N–H and O–H groups in total. The lowest BCUT2D eigenvalue weighted by Crippen LogP contribution is -2.25. The molecule has 0 aliphatic carbocycles. The van der Waals surface area contributed by atoms with Crippen LogP contribution in [0.15, 0.2) is 71.7 Å². The van der Waals surface area contributed by atoms with E-state index in [1.165, 1.54) is 7.11 Å². The summed E-state index contributed by atoms with van der Waals surface area (Å²) >= 11 is 0. The van der Waals surface area contributed by atoms with Crippen molar-refractivity contribution < 1.29 is 19.1 Å². The van der Waals surface area contributed by atoms with Gasteiger partial charge in [-0.1, -0.05) is 48.5 Å². The molecule has 0 spiro atoms. The summed E-state index contributed by atoms with van der Waals surface area (Å²) in [7, 11) is 1.34. The van der Waals surface area contributed by atoms with Crippen LogP contribution in [0.3, 0.4) is 0 Å². The quantitative estimate of drug-likeness (QED) is 0.756. The predicted molar refractivity (Wildman–Crippen MR) is 102 cm³/mol. The van der Waals surface area contributed by atoms with E-state index in [1.807, 2.05) is 49.4 Å². The molecule has 2 aromatic carbocycles. The average molecular weight is 363 g/mol. The highest BCUT2D eigenvalue weighted by molar-refractivity contribution is 5.95. The van der Waals surface area contributed by atoms with E-state index in [9.17, 15) is 9.59 Å². The maximum absolute atomic E-state index is 12.7. The van der Waals surface area contributed by atoms with E-state index in [2.05, 4.69) is 4.99 Å². The van der Waals surface area contributed by atoms with Crippen LogP contribution in [0.4, 0.5) is 0 Å². The van der Waals surface area contributed by atoms with Gasteiger partial charge in [0.1, 0.15) is 12.5 Å². The van der Waals surface area contributed by atoms with E-state index in [0.717, 1.165) is 16.8 Å². The van der Waals surface area contributed by atoms with Gasteiger partial charge in [0.05, 0.1) is 18.7 Å². The Morgan fingerprint density at radius 1 is 1.04 bits per heavy atom. The summed E-state index contributed by atoms with van der Waals surface area (Å²) in [6, 6.07) is 16.1. The highest BCUT2D eigenvalue weighted by Crippen LogP contribution is 2.32. The Morgan fingerprint density at radius 3 is 2.41 bits per heavy atom. The monoisotopic (exact) mass is 363 g/mol. The minimum atomic E-state index is -0.513. The normalized spacial score (nSPS) is 18.5. The molecule has 1 heterocycles. The van der Waals surface area contributed by atoms with Gasteiger partial charge in [-0.05, 0) is 36.3 Å². The van der Waals surface area contributed by atoms with Crippen LogP contribution in [0.5, 0.6) is 0 Å². The fraction of sp³-hybridized carbons (Fsp3) is 0.227. The standard InChI is InChI=1S/C22H21NO4/c1-15-8-13-19(22(25)27-14-16-6-4-3-5-7-16)20(23-15)17-9-11-18(12-10-17)21(24)26-2/h3-13,19-20H,14H2,1-2H3. The van der Waals surface area contributed by atoms with E-state index < -0.39 is 11.9 Å². The lowest BCUT2D eigenvalue weighted by molar-refractivity contribution is -0.148. The van der Waals surface area contributed by atoms with E-state index in [4.69, 9.17) is 9.47 Å². The number of hydrogen-bond donors (Lipinski definition) is 0. The number of ether oxygens (including phenoxy) is 2. The maximum atomic E-state index is 12.7. The highest BCUT2D eigenvalue weighted by atomic mass is 16.5. The number of rotatable bonds is 5.